The highest BCUT2D eigenvalue weighted by atomic mass is 79.9. The summed E-state index contributed by atoms with van der Waals surface area (Å²) in [7, 11) is 0. The van der Waals surface area contributed by atoms with E-state index < -0.39 is 0 Å². The molecule has 0 aromatic heterocycles. The molecule has 0 saturated carbocycles. The van der Waals surface area contributed by atoms with Crippen LogP contribution in [0.15, 0.2) is 28.7 Å². The zero-order chi connectivity index (χ0) is 13.0. The predicted molar refractivity (Wildman–Crippen MR) is 76.4 cm³/mol. The lowest BCUT2D eigenvalue weighted by Crippen LogP contribution is -2.49. The molecule has 0 aliphatic carbocycles. The maximum atomic E-state index is 11.9. The topological polar surface area (TPSA) is 41.1 Å². The summed E-state index contributed by atoms with van der Waals surface area (Å²) in [5.74, 6) is 0.812. The third-order valence-corrected chi connectivity index (χ3v) is 4.09. The molecule has 2 N–H and O–H groups in total. The number of amides is 1. The lowest BCUT2D eigenvalue weighted by atomic mass is 9.88. The van der Waals surface area contributed by atoms with Crippen molar-refractivity contribution in [3.05, 3.63) is 34.3 Å². The van der Waals surface area contributed by atoms with E-state index in [1.54, 1.807) is 0 Å². The second-order valence-electron chi connectivity index (χ2n) is 4.87. The summed E-state index contributed by atoms with van der Waals surface area (Å²) >= 11 is 3.41. The van der Waals surface area contributed by atoms with Crippen molar-refractivity contribution in [3.63, 3.8) is 0 Å². The van der Waals surface area contributed by atoms with E-state index >= 15 is 0 Å². The molecule has 1 aromatic carbocycles. The first-order valence-corrected chi connectivity index (χ1v) is 7.19. The predicted octanol–water partition coefficient (Wildman–Crippen LogP) is 1.96. The third kappa shape index (κ3) is 3.56. The molecule has 1 aliphatic rings. The fourth-order valence-electron chi connectivity index (χ4n) is 2.02. The van der Waals surface area contributed by atoms with E-state index in [9.17, 15) is 4.79 Å². The summed E-state index contributed by atoms with van der Waals surface area (Å²) in [4.78, 5) is 11.9. The molecule has 4 heteroatoms. The van der Waals surface area contributed by atoms with Crippen molar-refractivity contribution < 1.29 is 4.79 Å². The molecule has 1 aliphatic heterocycles. The van der Waals surface area contributed by atoms with Crippen LogP contribution in [0.25, 0.3) is 0 Å². The molecule has 0 spiro atoms. The minimum atomic E-state index is 0.121. The van der Waals surface area contributed by atoms with Gasteiger partial charge in [0.25, 0.3) is 0 Å². The first-order chi connectivity index (χ1) is 8.66. The highest BCUT2D eigenvalue weighted by Gasteiger charge is 2.28. The number of carbonyl (C=O) groups excluding carboxylic acids is 1. The van der Waals surface area contributed by atoms with Gasteiger partial charge in [0.05, 0.1) is 0 Å². The van der Waals surface area contributed by atoms with Crippen molar-refractivity contribution in [2.75, 3.05) is 19.6 Å². The van der Waals surface area contributed by atoms with Gasteiger partial charge in [-0.15, -0.1) is 0 Å². The SMILES string of the molecule is CC(C(=O)NCCc1ccc(Br)cc1)C1CNC1. The summed E-state index contributed by atoms with van der Waals surface area (Å²) in [6, 6.07) is 8.21. The van der Waals surface area contributed by atoms with Gasteiger partial charge in [0.2, 0.25) is 5.91 Å². The quantitative estimate of drug-likeness (QED) is 0.873. The van der Waals surface area contributed by atoms with E-state index in [2.05, 4.69) is 38.7 Å². The lowest BCUT2D eigenvalue weighted by molar-refractivity contribution is -0.126. The van der Waals surface area contributed by atoms with E-state index in [1.807, 2.05) is 19.1 Å². The molecule has 98 valence electrons. The summed E-state index contributed by atoms with van der Waals surface area (Å²) in [6.45, 7) is 4.67. The minimum absolute atomic E-state index is 0.121. The maximum Gasteiger partial charge on any atom is 0.223 e. The van der Waals surface area contributed by atoms with E-state index in [-0.39, 0.29) is 11.8 Å². The number of hydrogen-bond acceptors (Lipinski definition) is 2. The molecule has 1 saturated heterocycles. The molecular weight excluding hydrogens is 292 g/mol. The van der Waals surface area contributed by atoms with Crippen LogP contribution in [-0.4, -0.2) is 25.5 Å². The Balaban J connectivity index is 1.71. The van der Waals surface area contributed by atoms with Gasteiger partial charge in [-0.2, -0.15) is 0 Å². The monoisotopic (exact) mass is 310 g/mol. The first-order valence-electron chi connectivity index (χ1n) is 6.39. The molecule has 2 rings (SSSR count). The molecule has 0 bridgehead atoms. The van der Waals surface area contributed by atoms with Crippen molar-refractivity contribution in [3.8, 4) is 0 Å². The number of halogens is 1. The van der Waals surface area contributed by atoms with Gasteiger partial charge in [-0.1, -0.05) is 35.0 Å². The number of hydrogen-bond donors (Lipinski definition) is 2. The Labute approximate surface area is 116 Å². The average Bonchev–Trinajstić information content (AvgIpc) is 2.29. The van der Waals surface area contributed by atoms with Crippen LogP contribution in [0.3, 0.4) is 0 Å². The van der Waals surface area contributed by atoms with E-state index in [4.69, 9.17) is 0 Å². The number of carbonyl (C=O) groups is 1. The zero-order valence-electron chi connectivity index (χ0n) is 10.6. The van der Waals surface area contributed by atoms with Crippen LogP contribution in [0.4, 0.5) is 0 Å². The lowest BCUT2D eigenvalue weighted by Gasteiger charge is -2.31. The number of benzene rings is 1. The molecule has 1 atom stereocenters. The van der Waals surface area contributed by atoms with Crippen LogP contribution in [-0.2, 0) is 11.2 Å². The van der Waals surface area contributed by atoms with Crippen LogP contribution in [0, 0.1) is 11.8 Å². The van der Waals surface area contributed by atoms with Crippen LogP contribution in [0.2, 0.25) is 0 Å². The van der Waals surface area contributed by atoms with Gasteiger partial charge in [-0.25, -0.2) is 0 Å². The van der Waals surface area contributed by atoms with Crippen LogP contribution in [0.1, 0.15) is 12.5 Å². The van der Waals surface area contributed by atoms with Gasteiger partial charge in [-0.3, -0.25) is 4.79 Å². The standard InChI is InChI=1S/C14H19BrN2O/c1-10(12-8-16-9-12)14(18)17-7-6-11-2-4-13(15)5-3-11/h2-5,10,12,16H,6-9H2,1H3,(H,17,18). The maximum absolute atomic E-state index is 11.9. The third-order valence-electron chi connectivity index (χ3n) is 3.56. The minimum Gasteiger partial charge on any atom is -0.356 e. The summed E-state index contributed by atoms with van der Waals surface area (Å²) in [6.07, 6.45) is 0.884. The molecule has 1 fully saturated rings. The first kappa shape index (κ1) is 13.6. The Morgan fingerprint density at radius 1 is 1.44 bits per heavy atom. The van der Waals surface area contributed by atoms with Gasteiger partial charge < -0.3 is 10.6 Å². The second-order valence-corrected chi connectivity index (χ2v) is 5.79. The van der Waals surface area contributed by atoms with Gasteiger partial charge in [0.1, 0.15) is 0 Å². The fourth-order valence-corrected chi connectivity index (χ4v) is 2.29. The fraction of sp³-hybridized carbons (Fsp3) is 0.500. The van der Waals surface area contributed by atoms with Crippen molar-refractivity contribution in [1.82, 2.24) is 10.6 Å². The number of rotatable bonds is 5. The Bertz CT molecular complexity index is 401. The normalized spacial score (nSPS) is 17.0. The zero-order valence-corrected chi connectivity index (χ0v) is 12.2. The van der Waals surface area contributed by atoms with Crippen molar-refractivity contribution in [2.45, 2.75) is 13.3 Å². The number of nitrogens with one attached hydrogen (secondary N) is 2. The molecule has 3 nitrogen and oxygen atoms in total. The van der Waals surface area contributed by atoms with Gasteiger partial charge in [0, 0.05) is 16.9 Å². The second kappa shape index (κ2) is 6.34. The highest BCUT2D eigenvalue weighted by molar-refractivity contribution is 9.10. The van der Waals surface area contributed by atoms with Crippen molar-refractivity contribution in [1.29, 1.82) is 0 Å². The molecule has 0 radical (unpaired) electrons. The Kier molecular flexibility index (Phi) is 4.78. The Morgan fingerprint density at radius 3 is 2.67 bits per heavy atom. The van der Waals surface area contributed by atoms with Crippen LogP contribution >= 0.6 is 15.9 Å². The van der Waals surface area contributed by atoms with Gasteiger partial charge >= 0.3 is 0 Å². The Hall–Kier alpha value is -0.870. The largest absolute Gasteiger partial charge is 0.356 e. The molecule has 1 aromatic rings. The molecule has 18 heavy (non-hydrogen) atoms. The molecule has 1 amide bonds. The summed E-state index contributed by atoms with van der Waals surface area (Å²) in [5.41, 5.74) is 1.25. The van der Waals surface area contributed by atoms with Crippen molar-refractivity contribution in [2.24, 2.45) is 11.8 Å². The van der Waals surface area contributed by atoms with Gasteiger partial charge in [0.15, 0.2) is 0 Å². The molecule has 1 heterocycles. The van der Waals surface area contributed by atoms with Crippen molar-refractivity contribution >= 4 is 21.8 Å². The van der Waals surface area contributed by atoms with E-state index in [0.29, 0.717) is 12.5 Å². The molecular formula is C14H19BrN2O. The van der Waals surface area contributed by atoms with E-state index in [1.165, 1.54) is 5.56 Å². The highest BCUT2D eigenvalue weighted by Crippen LogP contribution is 2.15. The van der Waals surface area contributed by atoms with Gasteiger partial charge in [-0.05, 0) is 43.1 Å². The Morgan fingerprint density at radius 2 is 2.11 bits per heavy atom. The van der Waals surface area contributed by atoms with E-state index in [0.717, 1.165) is 24.0 Å². The average molecular weight is 311 g/mol. The van der Waals surface area contributed by atoms with Crippen LogP contribution in [0.5, 0.6) is 0 Å². The van der Waals surface area contributed by atoms with Crippen LogP contribution < -0.4 is 10.6 Å². The summed E-state index contributed by atoms with van der Waals surface area (Å²) < 4.78 is 1.08. The summed E-state index contributed by atoms with van der Waals surface area (Å²) in [5, 5.41) is 6.22. The smallest absolute Gasteiger partial charge is 0.223 e. The molecule has 1 unspecified atom stereocenters.